The number of benzene rings is 2. The maximum absolute atomic E-state index is 12.3. The number of carbonyl (C=O) groups excluding carboxylic acids is 2. The number of amides is 3. The van der Waals surface area contributed by atoms with Crippen molar-refractivity contribution in [2.24, 2.45) is 0 Å². The van der Waals surface area contributed by atoms with Crippen LogP contribution in [0.25, 0.3) is 0 Å². The maximum atomic E-state index is 12.3. The van der Waals surface area contributed by atoms with Gasteiger partial charge < -0.3 is 15.4 Å². The van der Waals surface area contributed by atoms with Crippen molar-refractivity contribution in [3.05, 3.63) is 59.2 Å². The van der Waals surface area contributed by atoms with E-state index in [9.17, 15) is 18.0 Å². The number of fused-ring (bicyclic) bond motifs is 1. The van der Waals surface area contributed by atoms with Crippen LogP contribution < -0.4 is 10.6 Å². The number of nitrogens with one attached hydrogen (secondary N) is 2. The van der Waals surface area contributed by atoms with Gasteiger partial charge in [0.2, 0.25) is 0 Å². The van der Waals surface area contributed by atoms with Crippen LogP contribution in [-0.2, 0) is 32.1 Å². The molecule has 0 saturated carbocycles. The van der Waals surface area contributed by atoms with E-state index in [1.165, 1.54) is 12.1 Å². The summed E-state index contributed by atoms with van der Waals surface area (Å²) < 4.78 is 34.8. The Morgan fingerprint density at radius 3 is 2.37 bits per heavy atom. The number of anilines is 1. The second-order valence-corrected chi connectivity index (χ2v) is 11.1. The molecule has 1 heterocycles. The Hall–Kier alpha value is -3.11. The Morgan fingerprint density at radius 1 is 1.00 bits per heavy atom. The van der Waals surface area contributed by atoms with Gasteiger partial charge in [0.25, 0.3) is 10.1 Å². The van der Waals surface area contributed by atoms with Gasteiger partial charge in [-0.15, -0.1) is 0 Å². The number of rotatable bonds is 8. The quantitative estimate of drug-likeness (QED) is 0.403. The molecule has 2 aromatic rings. The van der Waals surface area contributed by atoms with Gasteiger partial charge in [-0.3, -0.25) is 9.08 Å². The molecule has 0 fully saturated rings. The number of aryl methyl sites for hydroxylation is 1. The van der Waals surface area contributed by atoms with Gasteiger partial charge in [-0.1, -0.05) is 23.8 Å². The molecule has 1 aliphatic heterocycles. The van der Waals surface area contributed by atoms with Gasteiger partial charge in [-0.25, -0.2) is 9.59 Å². The number of carbonyl (C=O) groups is 2. The molecule has 0 saturated heterocycles. The first-order chi connectivity index (χ1) is 16.4. The van der Waals surface area contributed by atoms with Crippen LogP contribution in [0.15, 0.2) is 47.4 Å². The lowest BCUT2D eigenvalue weighted by Gasteiger charge is -2.24. The molecular formula is C25H33N3O6S. The Balaban J connectivity index is 1.37. The molecule has 3 amide bonds. The smallest absolute Gasteiger partial charge is 0.410 e. The Bertz CT molecular complexity index is 1160. The summed E-state index contributed by atoms with van der Waals surface area (Å²) in [7, 11) is -3.78. The van der Waals surface area contributed by atoms with Crippen molar-refractivity contribution in [3.8, 4) is 0 Å². The van der Waals surface area contributed by atoms with E-state index in [-0.39, 0.29) is 23.6 Å². The van der Waals surface area contributed by atoms with Gasteiger partial charge in [0.05, 0.1) is 11.5 Å². The second kappa shape index (κ2) is 11.1. The summed E-state index contributed by atoms with van der Waals surface area (Å²) >= 11 is 0. The van der Waals surface area contributed by atoms with E-state index >= 15 is 0 Å². The van der Waals surface area contributed by atoms with Crippen molar-refractivity contribution in [3.63, 3.8) is 0 Å². The molecule has 0 aromatic heterocycles. The van der Waals surface area contributed by atoms with Crippen molar-refractivity contribution < 1.29 is 26.9 Å². The maximum Gasteiger partial charge on any atom is 0.410 e. The van der Waals surface area contributed by atoms with Crippen LogP contribution in [0.1, 0.15) is 50.3 Å². The fourth-order valence-electron chi connectivity index (χ4n) is 3.47. The van der Waals surface area contributed by atoms with E-state index in [2.05, 4.69) is 10.6 Å². The van der Waals surface area contributed by atoms with E-state index in [4.69, 9.17) is 8.92 Å². The fourth-order valence-corrected chi connectivity index (χ4v) is 4.42. The van der Waals surface area contributed by atoms with Gasteiger partial charge >= 0.3 is 12.1 Å². The second-order valence-electron chi connectivity index (χ2n) is 9.50. The highest BCUT2D eigenvalue weighted by atomic mass is 32.2. The van der Waals surface area contributed by atoms with Crippen LogP contribution in [0.5, 0.6) is 0 Å². The topological polar surface area (TPSA) is 114 Å². The zero-order valence-electron chi connectivity index (χ0n) is 20.6. The minimum absolute atomic E-state index is 0.0402. The van der Waals surface area contributed by atoms with Crippen LogP contribution >= 0.6 is 0 Å². The fraction of sp³-hybridized carbons (Fsp3) is 0.440. The molecular weight excluding hydrogens is 470 g/mol. The number of nitrogens with zero attached hydrogens (tertiary/aromatic N) is 1. The third-order valence-electron chi connectivity index (χ3n) is 5.24. The van der Waals surface area contributed by atoms with Gasteiger partial charge in [0, 0.05) is 25.3 Å². The van der Waals surface area contributed by atoms with Crippen LogP contribution in [0.4, 0.5) is 15.3 Å². The molecule has 3 rings (SSSR count). The average molecular weight is 504 g/mol. The largest absolute Gasteiger partial charge is 0.444 e. The summed E-state index contributed by atoms with van der Waals surface area (Å²) in [6, 6.07) is 11.6. The normalized spacial score (nSPS) is 13.3. The molecule has 0 spiro atoms. The molecule has 2 aromatic carbocycles. The van der Waals surface area contributed by atoms with Crippen molar-refractivity contribution >= 4 is 27.9 Å². The van der Waals surface area contributed by atoms with Crippen LogP contribution in [-0.4, -0.2) is 44.2 Å². The van der Waals surface area contributed by atoms with Crippen molar-refractivity contribution in [2.45, 2.75) is 64.1 Å². The monoisotopic (exact) mass is 503 g/mol. The number of urea groups is 1. The third-order valence-corrected chi connectivity index (χ3v) is 6.57. The summed E-state index contributed by atoms with van der Waals surface area (Å²) in [5.74, 6) is 0. The molecule has 0 aliphatic carbocycles. The van der Waals surface area contributed by atoms with Gasteiger partial charge in [-0.2, -0.15) is 8.42 Å². The number of ether oxygens (including phenoxy) is 1. The average Bonchev–Trinajstić information content (AvgIpc) is 3.19. The van der Waals surface area contributed by atoms with E-state index < -0.39 is 15.7 Å². The van der Waals surface area contributed by atoms with Gasteiger partial charge in [0.15, 0.2) is 0 Å². The lowest BCUT2D eigenvalue weighted by atomic mass is 10.1. The van der Waals surface area contributed by atoms with Crippen molar-refractivity contribution in [2.75, 3.05) is 18.5 Å². The zero-order chi connectivity index (χ0) is 25.6. The molecule has 2 N–H and O–H groups in total. The zero-order valence-corrected chi connectivity index (χ0v) is 21.4. The highest BCUT2D eigenvalue weighted by Gasteiger charge is 2.28. The highest BCUT2D eigenvalue weighted by molar-refractivity contribution is 7.86. The summed E-state index contributed by atoms with van der Waals surface area (Å²) in [4.78, 5) is 26.3. The lowest BCUT2D eigenvalue weighted by molar-refractivity contribution is 0.0241. The van der Waals surface area contributed by atoms with Crippen molar-refractivity contribution in [1.29, 1.82) is 0 Å². The third kappa shape index (κ3) is 7.97. The molecule has 1 aliphatic rings. The van der Waals surface area contributed by atoms with E-state index in [0.717, 1.165) is 16.7 Å². The van der Waals surface area contributed by atoms with E-state index in [0.29, 0.717) is 38.2 Å². The summed E-state index contributed by atoms with van der Waals surface area (Å²) in [6.45, 7) is 8.67. The number of hydrogen-bond donors (Lipinski definition) is 2. The summed E-state index contributed by atoms with van der Waals surface area (Å²) in [6.07, 6.45) is 0.674. The number of unbranched alkanes of at least 4 members (excludes halogenated alkanes) is 1. The molecule has 0 bridgehead atoms. The van der Waals surface area contributed by atoms with Crippen molar-refractivity contribution in [1.82, 2.24) is 10.2 Å². The lowest BCUT2D eigenvalue weighted by Crippen LogP contribution is -2.33. The standard InChI is InChI=1S/C25H33N3O6S/c1-18-7-11-22(12-8-18)35(31,32)33-14-6-5-13-26-23(29)27-21-10-9-19-16-28(17-20(19)15-21)24(30)34-25(2,3)4/h7-12,15H,5-6,13-14,16-17H2,1-4H3,(H2,26,27,29). The summed E-state index contributed by atoms with van der Waals surface area (Å²) in [5, 5.41) is 5.53. The Labute approximate surface area is 206 Å². The Kier molecular flexibility index (Phi) is 8.39. The van der Waals surface area contributed by atoms with Crippen LogP contribution in [0.2, 0.25) is 0 Å². The molecule has 0 unspecified atom stereocenters. The molecule has 190 valence electrons. The highest BCUT2D eigenvalue weighted by Crippen LogP contribution is 2.27. The predicted molar refractivity (Wildman–Crippen MR) is 132 cm³/mol. The van der Waals surface area contributed by atoms with Crippen LogP contribution in [0.3, 0.4) is 0 Å². The minimum Gasteiger partial charge on any atom is -0.444 e. The van der Waals surface area contributed by atoms with E-state index in [1.807, 2.05) is 39.8 Å². The van der Waals surface area contributed by atoms with Gasteiger partial charge in [0.1, 0.15) is 5.60 Å². The molecule has 10 heteroatoms. The SMILES string of the molecule is Cc1ccc(S(=O)(=O)OCCCCNC(=O)Nc2ccc3c(c2)CN(C(=O)OC(C)(C)C)C3)cc1. The summed E-state index contributed by atoms with van der Waals surface area (Å²) in [5.41, 5.74) is 3.01. The van der Waals surface area contributed by atoms with Gasteiger partial charge in [-0.05, 0) is 75.9 Å². The first-order valence-corrected chi connectivity index (χ1v) is 12.9. The molecule has 0 atom stereocenters. The molecule has 0 radical (unpaired) electrons. The first-order valence-electron chi connectivity index (χ1n) is 11.5. The van der Waals surface area contributed by atoms with E-state index in [1.54, 1.807) is 23.1 Å². The number of hydrogen-bond acceptors (Lipinski definition) is 6. The predicted octanol–water partition coefficient (Wildman–Crippen LogP) is 4.55. The molecule has 9 nitrogen and oxygen atoms in total. The van der Waals surface area contributed by atoms with Crippen LogP contribution in [0, 0.1) is 6.92 Å². The minimum atomic E-state index is -3.78. The first kappa shape index (κ1) is 26.5. The molecule has 35 heavy (non-hydrogen) atoms. The Morgan fingerprint density at radius 2 is 1.69 bits per heavy atom.